The standard InChI is InChI=1S/C21H20N2O4/c24-17-10-8-16(9-11-17)21(26)23-22-20(25)14-15-6-12-19(13-7-15)27-18-4-2-1-3-5-18/h1-10,12-13,17,24H,11,14H2,(H,22,25)(H,23,26). The van der Waals surface area contributed by atoms with Gasteiger partial charge in [0, 0.05) is 5.57 Å². The number of carbonyl (C=O) groups is 2. The predicted molar refractivity (Wildman–Crippen MR) is 101 cm³/mol. The van der Waals surface area contributed by atoms with Gasteiger partial charge in [-0.1, -0.05) is 48.6 Å². The van der Waals surface area contributed by atoms with Gasteiger partial charge in [-0.15, -0.1) is 0 Å². The maximum atomic E-state index is 12.0. The van der Waals surface area contributed by atoms with Crippen molar-refractivity contribution in [1.29, 1.82) is 0 Å². The molecule has 2 amide bonds. The Bertz CT molecular complexity index is 858. The second-order valence-electron chi connectivity index (χ2n) is 6.06. The van der Waals surface area contributed by atoms with E-state index in [2.05, 4.69) is 10.9 Å². The smallest absolute Gasteiger partial charge is 0.269 e. The quantitative estimate of drug-likeness (QED) is 0.711. The number of hydrogen-bond donors (Lipinski definition) is 3. The maximum absolute atomic E-state index is 12.0. The first kappa shape index (κ1) is 18.4. The van der Waals surface area contributed by atoms with E-state index in [9.17, 15) is 14.7 Å². The number of aliphatic hydroxyl groups excluding tert-OH is 1. The van der Waals surface area contributed by atoms with Crippen molar-refractivity contribution in [3.63, 3.8) is 0 Å². The first-order valence-corrected chi connectivity index (χ1v) is 8.57. The number of para-hydroxylation sites is 1. The third kappa shape index (κ3) is 5.55. The molecule has 2 aromatic carbocycles. The highest BCUT2D eigenvalue weighted by atomic mass is 16.5. The molecule has 0 aliphatic heterocycles. The van der Waals surface area contributed by atoms with Gasteiger partial charge in [-0.25, -0.2) is 0 Å². The minimum atomic E-state index is -0.565. The minimum Gasteiger partial charge on any atom is -0.457 e. The first-order valence-electron chi connectivity index (χ1n) is 8.57. The second-order valence-corrected chi connectivity index (χ2v) is 6.06. The van der Waals surface area contributed by atoms with Gasteiger partial charge in [-0.2, -0.15) is 0 Å². The average molecular weight is 364 g/mol. The monoisotopic (exact) mass is 364 g/mol. The molecule has 1 aliphatic carbocycles. The van der Waals surface area contributed by atoms with E-state index in [1.165, 1.54) is 12.2 Å². The minimum absolute atomic E-state index is 0.125. The van der Waals surface area contributed by atoms with Gasteiger partial charge in [0.15, 0.2) is 0 Å². The number of carbonyl (C=O) groups excluding carboxylic acids is 2. The lowest BCUT2D eigenvalue weighted by Crippen LogP contribution is -2.43. The van der Waals surface area contributed by atoms with Crippen LogP contribution in [0.15, 0.2) is 78.4 Å². The lowest BCUT2D eigenvalue weighted by atomic mass is 10.1. The molecule has 0 heterocycles. The van der Waals surface area contributed by atoms with E-state index >= 15 is 0 Å². The number of aliphatic hydroxyl groups is 1. The van der Waals surface area contributed by atoms with Crippen LogP contribution in [-0.4, -0.2) is 23.0 Å². The van der Waals surface area contributed by atoms with Crippen LogP contribution in [0.1, 0.15) is 12.0 Å². The van der Waals surface area contributed by atoms with Crippen LogP contribution in [0.4, 0.5) is 0 Å². The molecule has 0 spiro atoms. The van der Waals surface area contributed by atoms with E-state index in [-0.39, 0.29) is 12.3 Å². The number of benzene rings is 2. The third-order valence-electron chi connectivity index (χ3n) is 3.92. The van der Waals surface area contributed by atoms with Crippen LogP contribution < -0.4 is 15.6 Å². The molecule has 0 bridgehead atoms. The number of hydrazine groups is 1. The molecule has 138 valence electrons. The average Bonchev–Trinajstić information content (AvgIpc) is 2.69. The number of ether oxygens (including phenoxy) is 1. The summed E-state index contributed by atoms with van der Waals surface area (Å²) in [6.07, 6.45) is 4.63. The van der Waals surface area contributed by atoms with Gasteiger partial charge in [-0.3, -0.25) is 20.4 Å². The number of rotatable bonds is 5. The molecule has 1 aliphatic rings. The van der Waals surface area contributed by atoms with E-state index in [0.29, 0.717) is 17.7 Å². The fraction of sp³-hybridized carbons (Fsp3) is 0.143. The summed E-state index contributed by atoms with van der Waals surface area (Å²) in [6, 6.07) is 16.6. The zero-order chi connectivity index (χ0) is 19.1. The van der Waals surface area contributed by atoms with Gasteiger partial charge in [0.2, 0.25) is 5.91 Å². The summed E-state index contributed by atoms with van der Waals surface area (Å²) in [5.41, 5.74) is 5.95. The lowest BCUT2D eigenvalue weighted by Gasteiger charge is -2.12. The zero-order valence-electron chi connectivity index (χ0n) is 14.6. The molecule has 6 heteroatoms. The highest BCUT2D eigenvalue weighted by Crippen LogP contribution is 2.21. The Balaban J connectivity index is 1.46. The van der Waals surface area contributed by atoms with E-state index < -0.39 is 12.0 Å². The fourth-order valence-corrected chi connectivity index (χ4v) is 2.51. The van der Waals surface area contributed by atoms with Crippen LogP contribution in [0, 0.1) is 0 Å². The molecule has 0 saturated carbocycles. The molecule has 6 nitrogen and oxygen atoms in total. The molecule has 1 atom stereocenters. The van der Waals surface area contributed by atoms with Gasteiger partial charge in [-0.05, 0) is 36.2 Å². The van der Waals surface area contributed by atoms with Gasteiger partial charge < -0.3 is 9.84 Å². The molecular formula is C21H20N2O4. The normalized spacial score (nSPS) is 15.6. The Morgan fingerprint density at radius 2 is 1.70 bits per heavy atom. The maximum Gasteiger partial charge on any atom is 0.269 e. The summed E-state index contributed by atoms with van der Waals surface area (Å²) < 4.78 is 5.70. The van der Waals surface area contributed by atoms with E-state index in [1.807, 2.05) is 30.3 Å². The van der Waals surface area contributed by atoms with Crippen molar-refractivity contribution in [2.45, 2.75) is 18.9 Å². The molecule has 0 radical (unpaired) electrons. The Labute approximate surface area is 157 Å². The molecular weight excluding hydrogens is 344 g/mol. The van der Waals surface area contributed by atoms with Crippen LogP contribution in [0.3, 0.4) is 0 Å². The lowest BCUT2D eigenvalue weighted by molar-refractivity contribution is -0.126. The third-order valence-corrected chi connectivity index (χ3v) is 3.92. The Morgan fingerprint density at radius 3 is 2.37 bits per heavy atom. The SMILES string of the molecule is O=C(Cc1ccc(Oc2ccccc2)cc1)NNC(=O)C1=CCC(O)C=C1. The molecule has 27 heavy (non-hydrogen) atoms. The van der Waals surface area contributed by atoms with Crippen LogP contribution >= 0.6 is 0 Å². The van der Waals surface area contributed by atoms with E-state index in [1.54, 1.807) is 30.3 Å². The van der Waals surface area contributed by atoms with Crippen LogP contribution in [0.25, 0.3) is 0 Å². The largest absolute Gasteiger partial charge is 0.457 e. The van der Waals surface area contributed by atoms with Crippen molar-refractivity contribution in [2.24, 2.45) is 0 Å². The Kier molecular flexibility index (Phi) is 6.02. The highest BCUT2D eigenvalue weighted by molar-refractivity contribution is 5.97. The summed E-state index contributed by atoms with van der Waals surface area (Å²) in [4.78, 5) is 23.9. The van der Waals surface area contributed by atoms with Crippen molar-refractivity contribution in [3.05, 3.63) is 84.0 Å². The summed E-state index contributed by atoms with van der Waals surface area (Å²) in [6.45, 7) is 0. The molecule has 0 fully saturated rings. The van der Waals surface area contributed by atoms with Gasteiger partial charge in [0.25, 0.3) is 5.91 Å². The van der Waals surface area contributed by atoms with E-state index in [4.69, 9.17) is 4.74 Å². The van der Waals surface area contributed by atoms with Crippen molar-refractivity contribution in [2.75, 3.05) is 0 Å². The molecule has 1 unspecified atom stereocenters. The summed E-state index contributed by atoms with van der Waals surface area (Å²) in [7, 11) is 0. The van der Waals surface area contributed by atoms with Gasteiger partial charge in [0.1, 0.15) is 11.5 Å². The zero-order valence-corrected chi connectivity index (χ0v) is 14.6. The van der Waals surface area contributed by atoms with Crippen molar-refractivity contribution < 1.29 is 19.4 Å². The number of nitrogens with one attached hydrogen (secondary N) is 2. The molecule has 0 saturated heterocycles. The molecule has 2 aromatic rings. The Hall–Kier alpha value is -3.38. The molecule has 0 aromatic heterocycles. The topological polar surface area (TPSA) is 87.7 Å². The van der Waals surface area contributed by atoms with Crippen molar-refractivity contribution in [1.82, 2.24) is 10.9 Å². The molecule has 3 rings (SSSR count). The van der Waals surface area contributed by atoms with Crippen LogP contribution in [0.5, 0.6) is 11.5 Å². The van der Waals surface area contributed by atoms with Crippen molar-refractivity contribution in [3.8, 4) is 11.5 Å². The second kappa shape index (κ2) is 8.82. The number of hydrogen-bond acceptors (Lipinski definition) is 4. The highest BCUT2D eigenvalue weighted by Gasteiger charge is 2.12. The van der Waals surface area contributed by atoms with Crippen LogP contribution in [0.2, 0.25) is 0 Å². The van der Waals surface area contributed by atoms with Crippen LogP contribution in [-0.2, 0) is 16.0 Å². The van der Waals surface area contributed by atoms with E-state index in [0.717, 1.165) is 11.3 Å². The fourth-order valence-electron chi connectivity index (χ4n) is 2.51. The number of amides is 2. The van der Waals surface area contributed by atoms with Crippen molar-refractivity contribution >= 4 is 11.8 Å². The predicted octanol–water partition coefficient (Wildman–Crippen LogP) is 2.42. The van der Waals surface area contributed by atoms with Gasteiger partial charge in [0.05, 0.1) is 12.5 Å². The molecule has 3 N–H and O–H groups in total. The summed E-state index contributed by atoms with van der Waals surface area (Å²) in [5, 5.41) is 9.35. The first-order chi connectivity index (χ1) is 13.1. The summed E-state index contributed by atoms with van der Waals surface area (Å²) in [5.74, 6) is 0.666. The summed E-state index contributed by atoms with van der Waals surface area (Å²) >= 11 is 0. The Morgan fingerprint density at radius 1 is 1.00 bits per heavy atom. The van der Waals surface area contributed by atoms with Gasteiger partial charge >= 0.3 is 0 Å².